The quantitative estimate of drug-likeness (QED) is 0.842. The van der Waals surface area contributed by atoms with Gasteiger partial charge in [0.2, 0.25) is 0 Å². The third-order valence-corrected chi connectivity index (χ3v) is 5.51. The average Bonchev–Trinajstić information content (AvgIpc) is 2.58. The van der Waals surface area contributed by atoms with Crippen molar-refractivity contribution in [2.24, 2.45) is 5.10 Å². The molecule has 0 bridgehead atoms. The van der Waals surface area contributed by atoms with Crippen LogP contribution in [-0.2, 0) is 4.79 Å². The fraction of sp³-hybridized carbons (Fsp3) is 0.556. The molecule has 0 saturated heterocycles. The van der Waals surface area contributed by atoms with Gasteiger partial charge >= 0.3 is 6.18 Å². The molecule has 1 aromatic rings. The predicted octanol–water partition coefficient (Wildman–Crippen LogP) is 3.35. The summed E-state index contributed by atoms with van der Waals surface area (Å²) in [5.41, 5.74) is 3.59. The van der Waals surface area contributed by atoms with Crippen LogP contribution in [0.1, 0.15) is 44.6 Å². The first kappa shape index (κ1) is 17.9. The zero-order chi connectivity index (χ0) is 19.3. The minimum absolute atomic E-state index is 0.0901. The number of carbonyl (C=O) groups is 1. The lowest BCUT2D eigenvalue weighted by Crippen LogP contribution is -2.55. The molecule has 9 heteroatoms. The number of benzene rings is 1. The Kier molecular flexibility index (Phi) is 4.20. The van der Waals surface area contributed by atoms with E-state index in [0.29, 0.717) is 23.0 Å². The van der Waals surface area contributed by atoms with Gasteiger partial charge in [-0.3, -0.25) is 4.79 Å². The lowest BCUT2D eigenvalue weighted by atomic mass is 9.91. The van der Waals surface area contributed by atoms with Crippen LogP contribution in [0.4, 0.5) is 24.5 Å². The lowest BCUT2D eigenvalue weighted by molar-refractivity contribution is -0.146. The zero-order valence-corrected chi connectivity index (χ0v) is 15.1. The topological polar surface area (TPSA) is 66.0 Å². The molecule has 4 rings (SSSR count). The number of halogens is 3. The maximum atomic E-state index is 13.4. The highest BCUT2D eigenvalue weighted by atomic mass is 19.4. The first-order valence-corrected chi connectivity index (χ1v) is 9.05. The smallest absolute Gasteiger partial charge is 0.395 e. The SMILES string of the molecule is C[C@@H]1C(=O)NN=C2COc3cc([C@@H](C)C(F)(F)F)c(NC4CCC4)cc3N21. The van der Waals surface area contributed by atoms with Crippen LogP contribution in [0, 0.1) is 0 Å². The number of anilines is 2. The molecule has 0 aromatic heterocycles. The summed E-state index contributed by atoms with van der Waals surface area (Å²) in [4.78, 5) is 13.7. The number of fused-ring (bicyclic) bond motifs is 3. The molecule has 1 amide bonds. The van der Waals surface area contributed by atoms with E-state index in [1.165, 1.54) is 6.07 Å². The van der Waals surface area contributed by atoms with Gasteiger partial charge in [-0.1, -0.05) is 0 Å². The first-order valence-electron chi connectivity index (χ1n) is 9.05. The molecular weight excluding hydrogens is 361 g/mol. The van der Waals surface area contributed by atoms with E-state index in [0.717, 1.165) is 26.2 Å². The number of amidine groups is 1. The Morgan fingerprint density at radius 3 is 2.74 bits per heavy atom. The van der Waals surface area contributed by atoms with Crippen molar-refractivity contribution in [1.82, 2.24) is 5.43 Å². The van der Waals surface area contributed by atoms with Crippen LogP contribution < -0.4 is 20.4 Å². The van der Waals surface area contributed by atoms with Gasteiger partial charge in [0.25, 0.3) is 5.91 Å². The van der Waals surface area contributed by atoms with Crippen molar-refractivity contribution in [2.45, 2.75) is 57.3 Å². The van der Waals surface area contributed by atoms with Gasteiger partial charge in [0, 0.05) is 11.7 Å². The molecular formula is C18H21F3N4O2. The van der Waals surface area contributed by atoms with Crippen LogP contribution in [0.15, 0.2) is 17.2 Å². The summed E-state index contributed by atoms with van der Waals surface area (Å²) >= 11 is 0. The Labute approximate surface area is 154 Å². The third kappa shape index (κ3) is 3.08. The van der Waals surface area contributed by atoms with E-state index in [-0.39, 0.29) is 24.1 Å². The normalized spacial score (nSPS) is 23.3. The monoisotopic (exact) mass is 382 g/mol. The number of amides is 1. The molecule has 6 nitrogen and oxygen atoms in total. The molecule has 1 saturated carbocycles. The maximum absolute atomic E-state index is 13.4. The molecule has 2 aliphatic heterocycles. The molecule has 2 N–H and O–H groups in total. The molecule has 2 heterocycles. The standard InChI is InChI=1S/C18H21F3N4O2/c1-9(18(19,20)21)12-6-15-14(7-13(12)22-11-4-3-5-11)25-10(2)17(26)24-23-16(25)8-27-15/h6-7,9-11,22H,3-5,8H2,1-2H3,(H,24,26)/t9-,10-/m1/s1. The van der Waals surface area contributed by atoms with Gasteiger partial charge in [0.1, 0.15) is 18.4 Å². The van der Waals surface area contributed by atoms with Crippen LogP contribution in [0.25, 0.3) is 0 Å². The van der Waals surface area contributed by atoms with Crippen LogP contribution in [0.2, 0.25) is 0 Å². The van der Waals surface area contributed by atoms with Crippen molar-refractivity contribution in [3.05, 3.63) is 17.7 Å². The Balaban J connectivity index is 1.80. The van der Waals surface area contributed by atoms with Crippen molar-refractivity contribution in [3.8, 4) is 5.75 Å². The molecule has 27 heavy (non-hydrogen) atoms. The average molecular weight is 382 g/mol. The van der Waals surface area contributed by atoms with Crippen molar-refractivity contribution in [2.75, 3.05) is 16.8 Å². The predicted molar refractivity (Wildman–Crippen MR) is 95.2 cm³/mol. The molecule has 1 aliphatic carbocycles. The fourth-order valence-electron chi connectivity index (χ4n) is 3.52. The number of nitrogens with zero attached hydrogens (tertiary/aromatic N) is 2. The minimum Gasteiger partial charge on any atom is -0.483 e. The largest absolute Gasteiger partial charge is 0.483 e. The van der Waals surface area contributed by atoms with Crippen molar-refractivity contribution in [1.29, 1.82) is 0 Å². The second-order valence-corrected chi connectivity index (χ2v) is 7.28. The summed E-state index contributed by atoms with van der Waals surface area (Å²) in [5.74, 6) is -1.04. The molecule has 146 valence electrons. The second kappa shape index (κ2) is 6.31. The number of alkyl halides is 3. The Morgan fingerprint density at radius 1 is 1.37 bits per heavy atom. The fourth-order valence-corrected chi connectivity index (χ4v) is 3.52. The van der Waals surface area contributed by atoms with E-state index < -0.39 is 18.1 Å². The number of carbonyl (C=O) groups excluding carboxylic acids is 1. The lowest BCUT2D eigenvalue weighted by Gasteiger charge is -2.39. The summed E-state index contributed by atoms with van der Waals surface area (Å²) in [6.45, 7) is 2.97. The van der Waals surface area contributed by atoms with Gasteiger partial charge in [0.05, 0.1) is 11.6 Å². The van der Waals surface area contributed by atoms with E-state index in [1.807, 2.05) is 0 Å². The van der Waals surface area contributed by atoms with Gasteiger partial charge < -0.3 is 15.0 Å². The van der Waals surface area contributed by atoms with E-state index in [2.05, 4.69) is 15.8 Å². The van der Waals surface area contributed by atoms with Crippen LogP contribution in [0.5, 0.6) is 5.75 Å². The van der Waals surface area contributed by atoms with Gasteiger partial charge in [-0.25, -0.2) is 5.43 Å². The summed E-state index contributed by atoms with van der Waals surface area (Å²) in [6.07, 6.45) is -1.43. The number of nitrogens with one attached hydrogen (secondary N) is 2. The third-order valence-electron chi connectivity index (χ3n) is 5.51. The number of hydrazone groups is 1. The number of rotatable bonds is 3. The Morgan fingerprint density at radius 2 is 2.11 bits per heavy atom. The van der Waals surface area contributed by atoms with Crippen molar-refractivity contribution < 1.29 is 22.7 Å². The highest BCUT2D eigenvalue weighted by Gasteiger charge is 2.41. The zero-order valence-electron chi connectivity index (χ0n) is 15.1. The van der Waals surface area contributed by atoms with Crippen molar-refractivity contribution >= 4 is 23.1 Å². The van der Waals surface area contributed by atoms with Gasteiger partial charge in [0.15, 0.2) is 5.84 Å². The van der Waals surface area contributed by atoms with E-state index in [9.17, 15) is 18.0 Å². The summed E-state index contributed by atoms with van der Waals surface area (Å²) in [5, 5.41) is 7.26. The van der Waals surface area contributed by atoms with E-state index >= 15 is 0 Å². The Bertz CT molecular complexity index is 805. The summed E-state index contributed by atoms with van der Waals surface area (Å²) in [7, 11) is 0. The van der Waals surface area contributed by atoms with E-state index in [1.54, 1.807) is 17.9 Å². The number of ether oxygens (including phenoxy) is 1. The molecule has 1 fully saturated rings. The summed E-state index contributed by atoms with van der Waals surface area (Å²) < 4.78 is 45.9. The molecule has 0 radical (unpaired) electrons. The van der Waals surface area contributed by atoms with Crippen LogP contribution >= 0.6 is 0 Å². The number of hydrogen-bond donors (Lipinski definition) is 2. The van der Waals surface area contributed by atoms with Crippen molar-refractivity contribution in [3.63, 3.8) is 0 Å². The van der Waals surface area contributed by atoms with Crippen LogP contribution in [-0.4, -0.2) is 36.6 Å². The van der Waals surface area contributed by atoms with Gasteiger partial charge in [-0.15, -0.1) is 0 Å². The maximum Gasteiger partial charge on any atom is 0.395 e. The molecule has 2 atom stereocenters. The number of hydrogen-bond acceptors (Lipinski definition) is 5. The molecule has 3 aliphatic rings. The highest BCUT2D eigenvalue weighted by Crippen LogP contribution is 2.45. The molecule has 0 spiro atoms. The Hall–Kier alpha value is -2.45. The van der Waals surface area contributed by atoms with Crippen LogP contribution in [0.3, 0.4) is 0 Å². The highest BCUT2D eigenvalue weighted by molar-refractivity contribution is 6.09. The first-order chi connectivity index (χ1) is 12.8. The summed E-state index contributed by atoms with van der Waals surface area (Å²) in [6, 6.07) is 2.75. The minimum atomic E-state index is -4.36. The van der Waals surface area contributed by atoms with Gasteiger partial charge in [-0.2, -0.15) is 18.3 Å². The second-order valence-electron chi connectivity index (χ2n) is 7.28. The van der Waals surface area contributed by atoms with E-state index in [4.69, 9.17) is 4.74 Å². The molecule has 1 aromatic carbocycles. The molecule has 0 unspecified atom stereocenters. The van der Waals surface area contributed by atoms with Gasteiger partial charge in [-0.05, 0) is 50.8 Å².